The zero-order chi connectivity index (χ0) is 10.8. The molecule has 2 aliphatic carbocycles. The first-order chi connectivity index (χ1) is 7.15. The van der Waals surface area contributed by atoms with Gasteiger partial charge in [0.05, 0.1) is 6.42 Å². The molecule has 3 heteroatoms. The summed E-state index contributed by atoms with van der Waals surface area (Å²) < 4.78 is 0. The van der Waals surface area contributed by atoms with Crippen LogP contribution in [0.3, 0.4) is 0 Å². The number of rotatable bonds is 4. The van der Waals surface area contributed by atoms with Gasteiger partial charge in [0.2, 0.25) is 5.91 Å². The van der Waals surface area contributed by atoms with Crippen LogP contribution < -0.4 is 5.32 Å². The zero-order valence-corrected chi connectivity index (χ0v) is 9.29. The van der Waals surface area contributed by atoms with Crippen molar-refractivity contribution in [3.8, 4) is 0 Å². The van der Waals surface area contributed by atoms with E-state index in [9.17, 15) is 9.59 Å². The Hall–Kier alpha value is -0.860. The molecule has 1 N–H and O–H groups in total. The Morgan fingerprint density at radius 2 is 2.07 bits per heavy atom. The highest BCUT2D eigenvalue weighted by atomic mass is 16.2. The van der Waals surface area contributed by atoms with Crippen LogP contribution in [0.1, 0.15) is 39.0 Å². The zero-order valence-electron chi connectivity index (χ0n) is 9.29. The van der Waals surface area contributed by atoms with Gasteiger partial charge in [0.25, 0.3) is 0 Å². The summed E-state index contributed by atoms with van der Waals surface area (Å²) in [5.74, 6) is 2.28. The maximum absolute atomic E-state index is 11.3. The first-order valence-electron chi connectivity index (χ1n) is 5.91. The lowest BCUT2D eigenvalue weighted by atomic mass is 9.89. The maximum atomic E-state index is 11.3. The van der Waals surface area contributed by atoms with Crippen LogP contribution in [-0.2, 0) is 9.59 Å². The Balaban J connectivity index is 1.70. The van der Waals surface area contributed by atoms with E-state index in [4.69, 9.17) is 0 Å². The Labute approximate surface area is 90.6 Å². The lowest BCUT2D eigenvalue weighted by molar-refractivity contribution is -0.127. The monoisotopic (exact) mass is 209 g/mol. The highest BCUT2D eigenvalue weighted by Gasteiger charge is 2.39. The van der Waals surface area contributed by atoms with Crippen molar-refractivity contribution in [3.05, 3.63) is 0 Å². The van der Waals surface area contributed by atoms with Crippen molar-refractivity contribution in [2.75, 3.05) is 6.54 Å². The van der Waals surface area contributed by atoms with Gasteiger partial charge in [-0.05, 0) is 43.9 Å². The number of hydrogen-bond donors (Lipinski definition) is 1. The van der Waals surface area contributed by atoms with Gasteiger partial charge in [0.1, 0.15) is 5.78 Å². The molecule has 0 spiro atoms. The van der Waals surface area contributed by atoms with Crippen LogP contribution in [0.2, 0.25) is 0 Å². The first-order valence-corrected chi connectivity index (χ1v) is 5.91. The van der Waals surface area contributed by atoms with Crippen molar-refractivity contribution in [2.45, 2.75) is 39.0 Å². The minimum atomic E-state index is -0.106. The molecule has 3 atom stereocenters. The molecular formula is C12H19NO2. The minimum Gasteiger partial charge on any atom is -0.355 e. The summed E-state index contributed by atoms with van der Waals surface area (Å²) in [6.07, 6.45) is 5.43. The van der Waals surface area contributed by atoms with Crippen molar-refractivity contribution in [2.24, 2.45) is 17.8 Å². The SMILES string of the molecule is CC(=O)CC(=O)NCC1CC2CCC1C2. The van der Waals surface area contributed by atoms with Crippen LogP contribution in [-0.4, -0.2) is 18.2 Å². The average Bonchev–Trinajstić information content (AvgIpc) is 2.74. The molecule has 3 unspecified atom stereocenters. The Kier molecular flexibility index (Phi) is 3.08. The van der Waals surface area contributed by atoms with Crippen LogP contribution in [0.25, 0.3) is 0 Å². The van der Waals surface area contributed by atoms with Gasteiger partial charge < -0.3 is 5.32 Å². The number of amides is 1. The highest BCUT2D eigenvalue weighted by molar-refractivity contribution is 5.96. The van der Waals surface area contributed by atoms with Gasteiger partial charge in [-0.1, -0.05) is 6.42 Å². The van der Waals surface area contributed by atoms with Crippen molar-refractivity contribution in [1.29, 1.82) is 0 Å². The fraction of sp³-hybridized carbons (Fsp3) is 0.833. The van der Waals surface area contributed by atoms with Gasteiger partial charge in [-0.25, -0.2) is 0 Å². The summed E-state index contributed by atoms with van der Waals surface area (Å²) in [6.45, 7) is 2.24. The predicted octanol–water partition coefficient (Wildman–Crippen LogP) is 1.52. The summed E-state index contributed by atoms with van der Waals surface area (Å²) in [7, 11) is 0. The molecule has 2 aliphatic rings. The molecule has 0 saturated heterocycles. The maximum Gasteiger partial charge on any atom is 0.227 e. The average molecular weight is 209 g/mol. The van der Waals surface area contributed by atoms with Crippen LogP contribution in [0.4, 0.5) is 0 Å². The minimum absolute atomic E-state index is 0.0425. The van der Waals surface area contributed by atoms with Crippen molar-refractivity contribution in [3.63, 3.8) is 0 Å². The van der Waals surface area contributed by atoms with Crippen LogP contribution in [0, 0.1) is 17.8 Å². The van der Waals surface area contributed by atoms with Crippen molar-refractivity contribution < 1.29 is 9.59 Å². The lowest BCUT2D eigenvalue weighted by Crippen LogP contribution is -2.32. The third kappa shape index (κ3) is 2.58. The normalized spacial score (nSPS) is 33.0. The lowest BCUT2D eigenvalue weighted by Gasteiger charge is -2.21. The Morgan fingerprint density at radius 1 is 1.27 bits per heavy atom. The molecule has 2 saturated carbocycles. The number of carbonyl (C=O) groups is 2. The van der Waals surface area contributed by atoms with E-state index in [0.29, 0.717) is 5.92 Å². The molecule has 0 aromatic heterocycles. The molecule has 2 rings (SSSR count). The molecule has 15 heavy (non-hydrogen) atoms. The summed E-state index contributed by atoms with van der Waals surface area (Å²) in [6, 6.07) is 0. The third-order valence-electron chi connectivity index (χ3n) is 3.86. The second-order valence-corrected chi connectivity index (χ2v) is 5.12. The van der Waals surface area contributed by atoms with E-state index in [1.54, 1.807) is 0 Å². The molecule has 0 aliphatic heterocycles. The standard InChI is InChI=1S/C12H19NO2/c1-8(14)4-12(15)13-7-11-6-9-2-3-10(11)5-9/h9-11H,2-7H2,1H3,(H,13,15). The first kappa shape index (κ1) is 10.7. The second-order valence-electron chi connectivity index (χ2n) is 5.12. The van der Waals surface area contributed by atoms with Gasteiger partial charge in [-0.2, -0.15) is 0 Å². The molecule has 0 radical (unpaired) electrons. The molecule has 0 heterocycles. The van der Waals surface area contributed by atoms with Gasteiger partial charge in [0, 0.05) is 6.54 Å². The van der Waals surface area contributed by atoms with Gasteiger partial charge >= 0.3 is 0 Å². The fourth-order valence-corrected chi connectivity index (χ4v) is 3.16. The van der Waals surface area contributed by atoms with Crippen LogP contribution >= 0.6 is 0 Å². The van der Waals surface area contributed by atoms with Crippen LogP contribution in [0.5, 0.6) is 0 Å². The molecule has 0 aromatic rings. The van der Waals surface area contributed by atoms with E-state index in [0.717, 1.165) is 18.4 Å². The number of carbonyl (C=O) groups excluding carboxylic acids is 2. The molecule has 3 nitrogen and oxygen atoms in total. The molecule has 84 valence electrons. The smallest absolute Gasteiger partial charge is 0.227 e. The second kappa shape index (κ2) is 4.33. The van der Waals surface area contributed by atoms with E-state index >= 15 is 0 Å². The van der Waals surface area contributed by atoms with Gasteiger partial charge in [-0.15, -0.1) is 0 Å². The number of fused-ring (bicyclic) bond motifs is 2. The topological polar surface area (TPSA) is 46.2 Å². The number of ketones is 1. The van der Waals surface area contributed by atoms with Crippen molar-refractivity contribution >= 4 is 11.7 Å². The van der Waals surface area contributed by atoms with E-state index in [1.807, 2.05) is 0 Å². The highest BCUT2D eigenvalue weighted by Crippen LogP contribution is 2.47. The molecule has 2 fully saturated rings. The molecule has 2 bridgehead atoms. The summed E-state index contributed by atoms with van der Waals surface area (Å²) in [5.41, 5.74) is 0. The van der Waals surface area contributed by atoms with E-state index < -0.39 is 0 Å². The number of hydrogen-bond acceptors (Lipinski definition) is 2. The van der Waals surface area contributed by atoms with E-state index in [-0.39, 0.29) is 18.1 Å². The van der Waals surface area contributed by atoms with Crippen LogP contribution in [0.15, 0.2) is 0 Å². The molecule has 0 aromatic carbocycles. The van der Waals surface area contributed by atoms with E-state index in [1.165, 1.54) is 32.6 Å². The third-order valence-corrected chi connectivity index (χ3v) is 3.86. The van der Waals surface area contributed by atoms with Gasteiger partial charge in [0.15, 0.2) is 0 Å². The van der Waals surface area contributed by atoms with Crippen molar-refractivity contribution in [1.82, 2.24) is 5.32 Å². The molecule has 1 amide bonds. The summed E-state index contributed by atoms with van der Waals surface area (Å²) in [4.78, 5) is 22.0. The summed E-state index contributed by atoms with van der Waals surface area (Å²) >= 11 is 0. The predicted molar refractivity (Wildman–Crippen MR) is 57.2 cm³/mol. The Morgan fingerprint density at radius 3 is 2.60 bits per heavy atom. The van der Waals surface area contributed by atoms with E-state index in [2.05, 4.69) is 5.32 Å². The van der Waals surface area contributed by atoms with Gasteiger partial charge in [-0.3, -0.25) is 9.59 Å². The quantitative estimate of drug-likeness (QED) is 0.713. The fourth-order valence-electron chi connectivity index (χ4n) is 3.16. The number of nitrogens with one attached hydrogen (secondary N) is 1. The summed E-state index contributed by atoms with van der Waals surface area (Å²) in [5, 5.41) is 2.88. The number of Topliss-reactive ketones (excluding diaryl/α,β-unsaturated/α-hetero) is 1. The Bertz CT molecular complexity index is 275. The molecular weight excluding hydrogens is 190 g/mol. The largest absolute Gasteiger partial charge is 0.355 e.